The van der Waals surface area contributed by atoms with Crippen LogP contribution < -0.4 is 5.43 Å². The Bertz CT molecular complexity index is 971. The molecule has 0 radical (unpaired) electrons. The molecule has 0 saturated heterocycles. The van der Waals surface area contributed by atoms with Crippen LogP contribution in [0.2, 0.25) is 0 Å². The zero-order valence-corrected chi connectivity index (χ0v) is 16.3. The van der Waals surface area contributed by atoms with E-state index in [2.05, 4.69) is 31.4 Å². The molecule has 1 aromatic heterocycles. The Morgan fingerprint density at radius 3 is 3.08 bits per heavy atom. The number of thiazole rings is 1. The zero-order valence-electron chi connectivity index (χ0n) is 13.9. The van der Waals surface area contributed by atoms with E-state index < -0.39 is 0 Å². The van der Waals surface area contributed by atoms with E-state index in [0.29, 0.717) is 23.0 Å². The van der Waals surface area contributed by atoms with Gasteiger partial charge in [-0.2, -0.15) is 5.10 Å². The molecule has 3 aromatic rings. The number of hydrogen-bond donors (Lipinski definition) is 2. The van der Waals surface area contributed by atoms with E-state index in [-0.39, 0.29) is 18.1 Å². The van der Waals surface area contributed by atoms with E-state index in [1.807, 2.05) is 24.3 Å². The molecular formula is C18H16BrN3O3S. The van der Waals surface area contributed by atoms with Crippen LogP contribution in [0.15, 0.2) is 45.3 Å². The molecule has 8 heteroatoms. The third kappa shape index (κ3) is 4.39. The van der Waals surface area contributed by atoms with Gasteiger partial charge in [-0.25, -0.2) is 4.98 Å². The topological polar surface area (TPSA) is 83.8 Å². The van der Waals surface area contributed by atoms with Crippen molar-refractivity contribution < 1.29 is 14.6 Å². The van der Waals surface area contributed by atoms with Gasteiger partial charge in [0.1, 0.15) is 5.75 Å². The molecule has 0 aliphatic carbocycles. The first-order valence-electron chi connectivity index (χ1n) is 7.87. The minimum atomic E-state index is -0.306. The van der Waals surface area contributed by atoms with Crippen molar-refractivity contribution in [3.05, 3.63) is 51.4 Å². The van der Waals surface area contributed by atoms with Gasteiger partial charge in [-0.1, -0.05) is 28.1 Å². The number of anilines is 1. The highest BCUT2D eigenvalue weighted by Gasteiger charge is 2.08. The van der Waals surface area contributed by atoms with Crippen LogP contribution in [0.4, 0.5) is 5.13 Å². The molecule has 0 atom stereocenters. The number of esters is 1. The molecule has 0 bridgehead atoms. The van der Waals surface area contributed by atoms with Gasteiger partial charge in [-0.05, 0) is 35.9 Å². The number of hydrazone groups is 1. The van der Waals surface area contributed by atoms with Crippen LogP contribution in [0, 0.1) is 0 Å². The lowest BCUT2D eigenvalue weighted by Gasteiger charge is -2.05. The van der Waals surface area contributed by atoms with Gasteiger partial charge in [-0.3, -0.25) is 10.2 Å². The highest BCUT2D eigenvalue weighted by Crippen LogP contribution is 2.28. The lowest BCUT2D eigenvalue weighted by Crippen LogP contribution is -2.07. The lowest BCUT2D eigenvalue weighted by molar-refractivity contribution is -0.142. The molecule has 1 heterocycles. The first-order chi connectivity index (χ1) is 12.6. The summed E-state index contributed by atoms with van der Waals surface area (Å²) in [6.45, 7) is 2.12. The Morgan fingerprint density at radius 2 is 2.27 bits per heavy atom. The molecule has 0 saturated carbocycles. The molecule has 2 N–H and O–H groups in total. The van der Waals surface area contributed by atoms with Crippen molar-refractivity contribution >= 4 is 55.4 Å². The highest BCUT2D eigenvalue weighted by molar-refractivity contribution is 9.10. The number of nitrogens with one attached hydrogen (secondary N) is 1. The Morgan fingerprint density at radius 1 is 1.42 bits per heavy atom. The molecule has 3 rings (SSSR count). The van der Waals surface area contributed by atoms with Crippen molar-refractivity contribution in [1.29, 1.82) is 0 Å². The summed E-state index contributed by atoms with van der Waals surface area (Å²) in [5.41, 5.74) is 4.07. The normalized spacial score (nSPS) is 11.2. The minimum Gasteiger partial charge on any atom is -0.507 e. The maximum atomic E-state index is 11.5. The van der Waals surface area contributed by atoms with Gasteiger partial charge in [0.15, 0.2) is 0 Å². The number of carbonyl (C=O) groups is 1. The fraction of sp³-hybridized carbons (Fsp3) is 0.167. The van der Waals surface area contributed by atoms with Gasteiger partial charge < -0.3 is 9.84 Å². The predicted octanol–water partition coefficient (Wildman–Crippen LogP) is 4.32. The smallest absolute Gasteiger partial charge is 0.311 e. The Hall–Kier alpha value is -2.45. The van der Waals surface area contributed by atoms with E-state index in [1.165, 1.54) is 11.3 Å². The number of rotatable bonds is 6. The first kappa shape index (κ1) is 18.3. The van der Waals surface area contributed by atoms with Crippen LogP contribution >= 0.6 is 27.3 Å². The summed E-state index contributed by atoms with van der Waals surface area (Å²) >= 11 is 4.78. The summed E-state index contributed by atoms with van der Waals surface area (Å²) in [5, 5.41) is 18.5. The fourth-order valence-electron chi connectivity index (χ4n) is 2.40. The summed E-state index contributed by atoms with van der Waals surface area (Å²) in [6, 6.07) is 9.29. The number of phenolic OH excluding ortho intramolecular Hbond substituents is 1. The van der Waals surface area contributed by atoms with Crippen molar-refractivity contribution in [2.45, 2.75) is 13.3 Å². The summed E-state index contributed by atoms with van der Waals surface area (Å²) in [4.78, 5) is 15.8. The average molecular weight is 434 g/mol. The zero-order chi connectivity index (χ0) is 18.5. The molecule has 6 nitrogen and oxygen atoms in total. The number of fused-ring (bicyclic) bond motifs is 1. The van der Waals surface area contributed by atoms with Gasteiger partial charge >= 0.3 is 5.97 Å². The number of carbonyl (C=O) groups excluding carboxylic acids is 1. The van der Waals surface area contributed by atoms with Gasteiger partial charge in [0.05, 0.1) is 24.9 Å². The molecule has 2 aromatic carbocycles. The Balaban J connectivity index is 1.73. The second-order valence-corrected chi connectivity index (χ2v) is 7.13. The number of hydrogen-bond acceptors (Lipinski definition) is 7. The molecule has 0 fully saturated rings. The summed E-state index contributed by atoms with van der Waals surface area (Å²) in [6.07, 6.45) is 1.69. The first-order valence-corrected chi connectivity index (χ1v) is 9.54. The summed E-state index contributed by atoms with van der Waals surface area (Å²) in [5.74, 6) is -0.160. The van der Waals surface area contributed by atoms with E-state index in [9.17, 15) is 9.90 Å². The van der Waals surface area contributed by atoms with E-state index in [1.54, 1.807) is 24.6 Å². The second kappa shape index (κ2) is 8.29. The molecule has 134 valence electrons. The van der Waals surface area contributed by atoms with Crippen molar-refractivity contribution in [1.82, 2.24) is 4.98 Å². The molecule has 0 amide bonds. The van der Waals surface area contributed by atoms with E-state index in [0.717, 1.165) is 15.2 Å². The molecule has 0 aliphatic heterocycles. The summed E-state index contributed by atoms with van der Waals surface area (Å²) < 4.78 is 5.87. The predicted molar refractivity (Wildman–Crippen MR) is 107 cm³/mol. The van der Waals surface area contributed by atoms with Gasteiger partial charge in [0, 0.05) is 15.4 Å². The van der Waals surface area contributed by atoms with Crippen molar-refractivity contribution in [2.75, 3.05) is 12.0 Å². The number of halogens is 1. The highest BCUT2D eigenvalue weighted by atomic mass is 79.9. The number of ether oxygens (including phenoxy) is 1. The lowest BCUT2D eigenvalue weighted by atomic mass is 10.0. The second-order valence-electron chi connectivity index (χ2n) is 5.36. The third-order valence-electron chi connectivity index (χ3n) is 3.54. The molecule has 0 aliphatic rings. The fourth-order valence-corrected chi connectivity index (χ4v) is 3.44. The standard InChI is InChI=1S/C18H16BrN3O3S/c1-2-25-17(24)8-13-10-26-18(21-13)22-20-9-15-14-5-4-12(19)7-11(14)3-6-16(15)23/h3-7,9-10,23H,2,8H2,1H3,(H,21,22). The maximum absolute atomic E-state index is 11.5. The average Bonchev–Trinajstić information content (AvgIpc) is 3.04. The van der Waals surface area contributed by atoms with Crippen LogP contribution in [0.1, 0.15) is 18.2 Å². The quantitative estimate of drug-likeness (QED) is 0.343. The SMILES string of the molecule is CCOC(=O)Cc1csc(NN=Cc2c(O)ccc3cc(Br)ccc23)n1. The summed E-state index contributed by atoms with van der Waals surface area (Å²) in [7, 11) is 0. The van der Waals surface area contributed by atoms with E-state index >= 15 is 0 Å². The van der Waals surface area contributed by atoms with Crippen LogP contribution in [-0.2, 0) is 16.0 Å². The minimum absolute atomic E-state index is 0.134. The number of aromatic hydroxyl groups is 1. The Kier molecular flexibility index (Phi) is 5.85. The van der Waals surface area contributed by atoms with Crippen molar-refractivity contribution in [3.8, 4) is 5.75 Å². The monoisotopic (exact) mass is 433 g/mol. The number of phenols is 1. The van der Waals surface area contributed by atoms with Crippen LogP contribution in [0.3, 0.4) is 0 Å². The van der Waals surface area contributed by atoms with Gasteiger partial charge in [0.25, 0.3) is 0 Å². The van der Waals surface area contributed by atoms with Gasteiger partial charge in [-0.15, -0.1) is 11.3 Å². The number of nitrogens with zero attached hydrogens (tertiary/aromatic N) is 2. The Labute approximate surface area is 162 Å². The molecular weight excluding hydrogens is 418 g/mol. The number of aromatic nitrogens is 1. The number of benzene rings is 2. The molecule has 26 heavy (non-hydrogen) atoms. The van der Waals surface area contributed by atoms with E-state index in [4.69, 9.17) is 4.74 Å². The van der Waals surface area contributed by atoms with Gasteiger partial charge in [0.2, 0.25) is 5.13 Å². The van der Waals surface area contributed by atoms with Crippen LogP contribution in [0.5, 0.6) is 5.75 Å². The van der Waals surface area contributed by atoms with Crippen molar-refractivity contribution in [3.63, 3.8) is 0 Å². The third-order valence-corrected chi connectivity index (χ3v) is 4.83. The largest absolute Gasteiger partial charge is 0.507 e. The van der Waals surface area contributed by atoms with Crippen LogP contribution in [-0.4, -0.2) is 28.9 Å². The molecule has 0 spiro atoms. The molecule has 0 unspecified atom stereocenters. The van der Waals surface area contributed by atoms with Crippen molar-refractivity contribution in [2.24, 2.45) is 5.10 Å². The van der Waals surface area contributed by atoms with Crippen LogP contribution in [0.25, 0.3) is 10.8 Å². The maximum Gasteiger partial charge on any atom is 0.311 e.